The number of hydrogen-bond donors (Lipinski definition) is 0. The van der Waals surface area contributed by atoms with Crippen molar-refractivity contribution in [3.63, 3.8) is 0 Å². The second-order valence-electron chi connectivity index (χ2n) is 12.2. The molecular formula is C43H28N2S. The predicted octanol–water partition coefficient (Wildman–Crippen LogP) is 12.0. The lowest BCUT2D eigenvalue weighted by molar-refractivity contribution is 0.888. The molecule has 3 heteroatoms. The minimum atomic E-state index is 0.880. The Bertz CT molecular complexity index is 2660. The number of benzene rings is 8. The molecule has 1 aromatic heterocycles. The van der Waals surface area contributed by atoms with Crippen LogP contribution in [0.1, 0.15) is 12.7 Å². The SMILES string of the molecule is CCc1nc2cccc3c2n1-c1cc(-c2c4ccccc4c(-c4ccc5c(ccc6ccccc65)c4)c4ccccc24)ccc1S3. The Kier molecular flexibility index (Phi) is 5.52. The normalized spacial score (nSPS) is 12.5. The summed E-state index contributed by atoms with van der Waals surface area (Å²) in [5.74, 6) is 1.11. The molecule has 0 amide bonds. The van der Waals surface area contributed by atoms with Gasteiger partial charge in [0.05, 0.1) is 16.7 Å². The van der Waals surface area contributed by atoms with Crippen LogP contribution >= 0.6 is 11.8 Å². The number of aromatic nitrogens is 2. The molecule has 0 bridgehead atoms. The van der Waals surface area contributed by atoms with Crippen LogP contribution in [0, 0.1) is 0 Å². The van der Waals surface area contributed by atoms with Crippen LogP contribution in [0.15, 0.2) is 149 Å². The molecule has 0 saturated carbocycles. The highest BCUT2D eigenvalue weighted by atomic mass is 32.2. The van der Waals surface area contributed by atoms with Crippen LogP contribution in [0.3, 0.4) is 0 Å². The van der Waals surface area contributed by atoms with Gasteiger partial charge in [-0.15, -0.1) is 0 Å². The summed E-state index contributed by atoms with van der Waals surface area (Å²) in [7, 11) is 0. The zero-order valence-corrected chi connectivity index (χ0v) is 26.1. The van der Waals surface area contributed by atoms with E-state index in [1.807, 2.05) is 11.8 Å². The van der Waals surface area contributed by atoms with Crippen molar-refractivity contribution >= 4 is 65.9 Å². The number of para-hydroxylation sites is 1. The third kappa shape index (κ3) is 3.64. The fraction of sp³-hybridized carbons (Fsp3) is 0.0465. The van der Waals surface area contributed by atoms with Gasteiger partial charge in [-0.3, -0.25) is 4.57 Å². The van der Waals surface area contributed by atoms with E-state index in [1.165, 1.54) is 86.3 Å². The lowest BCUT2D eigenvalue weighted by atomic mass is 9.85. The largest absolute Gasteiger partial charge is 0.294 e. The van der Waals surface area contributed by atoms with Crippen LogP contribution in [-0.4, -0.2) is 9.55 Å². The molecule has 0 saturated heterocycles. The van der Waals surface area contributed by atoms with E-state index in [0.717, 1.165) is 17.8 Å². The summed E-state index contributed by atoms with van der Waals surface area (Å²) in [6.45, 7) is 2.20. The molecule has 0 N–H and O–H groups in total. The topological polar surface area (TPSA) is 17.8 Å². The zero-order valence-electron chi connectivity index (χ0n) is 25.3. The number of nitrogens with zero attached hydrogens (tertiary/aromatic N) is 2. The van der Waals surface area contributed by atoms with Crippen molar-refractivity contribution in [1.82, 2.24) is 9.55 Å². The molecule has 8 aromatic carbocycles. The smallest absolute Gasteiger partial charge is 0.114 e. The van der Waals surface area contributed by atoms with E-state index in [0.29, 0.717) is 0 Å². The van der Waals surface area contributed by atoms with Gasteiger partial charge < -0.3 is 0 Å². The lowest BCUT2D eigenvalue weighted by Gasteiger charge is -2.22. The second-order valence-corrected chi connectivity index (χ2v) is 13.3. The molecule has 216 valence electrons. The predicted molar refractivity (Wildman–Crippen MR) is 195 cm³/mol. The quantitative estimate of drug-likeness (QED) is 0.147. The zero-order chi connectivity index (χ0) is 30.4. The highest BCUT2D eigenvalue weighted by Crippen LogP contribution is 2.48. The van der Waals surface area contributed by atoms with Gasteiger partial charge in [-0.25, -0.2) is 4.98 Å². The molecule has 2 heterocycles. The van der Waals surface area contributed by atoms with Gasteiger partial charge in [-0.05, 0) is 95.7 Å². The molecule has 0 atom stereocenters. The summed E-state index contributed by atoms with van der Waals surface area (Å²) in [6, 6.07) is 51.6. The maximum atomic E-state index is 5.04. The maximum absolute atomic E-state index is 5.04. The third-order valence-electron chi connectivity index (χ3n) is 9.70. The van der Waals surface area contributed by atoms with Crippen LogP contribution < -0.4 is 0 Å². The summed E-state index contributed by atoms with van der Waals surface area (Å²) in [6.07, 6.45) is 0.880. The number of rotatable bonds is 3. The first-order chi connectivity index (χ1) is 22.8. The molecule has 1 aliphatic heterocycles. The molecule has 1 aliphatic rings. The maximum Gasteiger partial charge on any atom is 0.114 e. The fourth-order valence-electron chi connectivity index (χ4n) is 7.69. The number of fused-ring (bicyclic) bond motifs is 7. The van der Waals surface area contributed by atoms with Crippen molar-refractivity contribution in [3.05, 3.63) is 145 Å². The molecule has 0 unspecified atom stereocenters. The van der Waals surface area contributed by atoms with Crippen molar-refractivity contribution in [2.75, 3.05) is 0 Å². The Morgan fingerprint density at radius 1 is 0.522 bits per heavy atom. The Labute approximate surface area is 270 Å². The standard InChI is InChI=1S/C43H28N2S/c1-2-40-44-36-16-9-17-39-43(36)45(40)37-25-29(21-23-38(37)46-39)42-34-14-7-5-12-32(34)41(33-13-6-8-15-35(33)42)28-20-22-31-27(24-28)19-18-26-10-3-4-11-30(26)31/h3-25H,2H2,1H3. The van der Waals surface area contributed by atoms with Crippen molar-refractivity contribution in [3.8, 4) is 27.9 Å². The Morgan fingerprint density at radius 2 is 1.13 bits per heavy atom. The van der Waals surface area contributed by atoms with E-state index in [1.54, 1.807) is 0 Å². The van der Waals surface area contributed by atoms with Crippen molar-refractivity contribution in [1.29, 1.82) is 0 Å². The monoisotopic (exact) mass is 604 g/mol. The Balaban J connectivity index is 1.24. The molecule has 0 radical (unpaired) electrons. The first-order valence-electron chi connectivity index (χ1n) is 15.9. The summed E-state index contributed by atoms with van der Waals surface area (Å²) in [5.41, 5.74) is 8.56. The molecule has 0 aliphatic carbocycles. The number of imidazole rings is 1. The molecule has 46 heavy (non-hydrogen) atoms. The molecule has 0 fully saturated rings. The molecule has 10 rings (SSSR count). The number of hydrogen-bond acceptors (Lipinski definition) is 2. The number of aryl methyl sites for hydroxylation is 1. The average Bonchev–Trinajstić information content (AvgIpc) is 3.50. The Hall–Kier alpha value is -5.38. The van der Waals surface area contributed by atoms with Gasteiger partial charge in [0.15, 0.2) is 0 Å². The second kappa shape index (κ2) is 9.81. The van der Waals surface area contributed by atoms with Crippen LogP contribution in [0.2, 0.25) is 0 Å². The van der Waals surface area contributed by atoms with E-state index in [9.17, 15) is 0 Å². The van der Waals surface area contributed by atoms with Crippen LogP contribution in [0.5, 0.6) is 0 Å². The van der Waals surface area contributed by atoms with Crippen molar-refractivity contribution in [2.24, 2.45) is 0 Å². The Morgan fingerprint density at radius 3 is 1.85 bits per heavy atom. The van der Waals surface area contributed by atoms with Gasteiger partial charge in [0, 0.05) is 16.2 Å². The van der Waals surface area contributed by atoms with Gasteiger partial charge in [0.25, 0.3) is 0 Å². The van der Waals surface area contributed by atoms with Crippen molar-refractivity contribution < 1.29 is 0 Å². The lowest BCUT2D eigenvalue weighted by Crippen LogP contribution is -2.06. The highest BCUT2D eigenvalue weighted by molar-refractivity contribution is 7.99. The summed E-state index contributed by atoms with van der Waals surface area (Å²) >= 11 is 1.85. The van der Waals surface area contributed by atoms with Crippen LogP contribution in [0.25, 0.3) is 82.1 Å². The van der Waals surface area contributed by atoms with Crippen molar-refractivity contribution in [2.45, 2.75) is 23.1 Å². The van der Waals surface area contributed by atoms with Gasteiger partial charge in [-0.2, -0.15) is 0 Å². The van der Waals surface area contributed by atoms with E-state index in [4.69, 9.17) is 4.98 Å². The van der Waals surface area contributed by atoms with E-state index in [-0.39, 0.29) is 0 Å². The van der Waals surface area contributed by atoms with Crippen LogP contribution in [-0.2, 0) is 6.42 Å². The van der Waals surface area contributed by atoms with Gasteiger partial charge in [-0.1, -0.05) is 128 Å². The molecular weight excluding hydrogens is 577 g/mol. The summed E-state index contributed by atoms with van der Waals surface area (Å²) in [4.78, 5) is 7.58. The first kappa shape index (κ1) is 25.9. The van der Waals surface area contributed by atoms with E-state index >= 15 is 0 Å². The highest BCUT2D eigenvalue weighted by Gasteiger charge is 2.24. The molecule has 0 spiro atoms. The van der Waals surface area contributed by atoms with Gasteiger partial charge in [0.2, 0.25) is 0 Å². The first-order valence-corrected chi connectivity index (χ1v) is 16.8. The summed E-state index contributed by atoms with van der Waals surface area (Å²) in [5, 5.41) is 10.2. The van der Waals surface area contributed by atoms with E-state index < -0.39 is 0 Å². The summed E-state index contributed by atoms with van der Waals surface area (Å²) < 4.78 is 2.40. The van der Waals surface area contributed by atoms with Gasteiger partial charge in [0.1, 0.15) is 5.82 Å². The minimum absolute atomic E-state index is 0.880. The fourth-order valence-corrected chi connectivity index (χ4v) is 8.76. The van der Waals surface area contributed by atoms with Gasteiger partial charge >= 0.3 is 0 Å². The van der Waals surface area contributed by atoms with E-state index in [2.05, 4.69) is 151 Å². The van der Waals surface area contributed by atoms with Crippen LogP contribution in [0.4, 0.5) is 0 Å². The molecule has 2 nitrogen and oxygen atoms in total. The average molecular weight is 605 g/mol. The molecule has 9 aromatic rings. The minimum Gasteiger partial charge on any atom is -0.294 e. The third-order valence-corrected chi connectivity index (χ3v) is 10.8.